The SMILES string of the molecule is CC(C)OC(CN)c1ccccc1C1CC1. The highest BCUT2D eigenvalue weighted by molar-refractivity contribution is 5.35. The van der Waals surface area contributed by atoms with Gasteiger partial charge in [0.2, 0.25) is 0 Å². The van der Waals surface area contributed by atoms with Crippen molar-refractivity contribution in [3.05, 3.63) is 35.4 Å². The van der Waals surface area contributed by atoms with Crippen LogP contribution in [0.1, 0.15) is 49.8 Å². The zero-order valence-electron chi connectivity index (χ0n) is 10.1. The lowest BCUT2D eigenvalue weighted by Crippen LogP contribution is -2.20. The minimum absolute atomic E-state index is 0.0526. The molecule has 0 aromatic heterocycles. The molecule has 0 bridgehead atoms. The van der Waals surface area contributed by atoms with E-state index in [1.54, 1.807) is 0 Å². The predicted molar refractivity (Wildman–Crippen MR) is 66.4 cm³/mol. The molecule has 2 rings (SSSR count). The van der Waals surface area contributed by atoms with Crippen LogP contribution in [0, 0.1) is 0 Å². The molecule has 0 amide bonds. The molecule has 1 atom stereocenters. The first kappa shape index (κ1) is 11.6. The first-order valence-electron chi connectivity index (χ1n) is 6.16. The van der Waals surface area contributed by atoms with Gasteiger partial charge in [-0.1, -0.05) is 24.3 Å². The quantitative estimate of drug-likeness (QED) is 0.826. The Morgan fingerprint density at radius 3 is 2.56 bits per heavy atom. The molecule has 2 nitrogen and oxygen atoms in total. The van der Waals surface area contributed by atoms with E-state index < -0.39 is 0 Å². The highest BCUT2D eigenvalue weighted by Crippen LogP contribution is 2.43. The zero-order chi connectivity index (χ0) is 11.5. The van der Waals surface area contributed by atoms with Gasteiger partial charge >= 0.3 is 0 Å². The molecule has 1 fully saturated rings. The molecule has 1 aliphatic carbocycles. The van der Waals surface area contributed by atoms with Gasteiger partial charge in [0, 0.05) is 6.54 Å². The van der Waals surface area contributed by atoms with E-state index in [1.165, 1.54) is 24.0 Å². The molecular formula is C14H21NO. The van der Waals surface area contributed by atoms with Crippen molar-refractivity contribution >= 4 is 0 Å². The largest absolute Gasteiger partial charge is 0.370 e. The van der Waals surface area contributed by atoms with Gasteiger partial charge in [0.15, 0.2) is 0 Å². The first-order valence-corrected chi connectivity index (χ1v) is 6.16. The molecule has 1 aliphatic rings. The molecule has 16 heavy (non-hydrogen) atoms. The topological polar surface area (TPSA) is 35.2 Å². The minimum Gasteiger partial charge on any atom is -0.370 e. The Labute approximate surface area is 97.8 Å². The first-order chi connectivity index (χ1) is 7.72. The second-order valence-corrected chi connectivity index (χ2v) is 4.81. The summed E-state index contributed by atoms with van der Waals surface area (Å²) in [6.07, 6.45) is 2.91. The van der Waals surface area contributed by atoms with Crippen LogP contribution in [0.15, 0.2) is 24.3 Å². The molecule has 1 aromatic carbocycles. The Bertz CT molecular complexity index is 344. The summed E-state index contributed by atoms with van der Waals surface area (Å²) in [5.41, 5.74) is 8.55. The van der Waals surface area contributed by atoms with E-state index in [0.717, 1.165) is 5.92 Å². The van der Waals surface area contributed by atoms with Gasteiger partial charge < -0.3 is 10.5 Å². The van der Waals surface area contributed by atoms with Gasteiger partial charge in [0.25, 0.3) is 0 Å². The fourth-order valence-electron chi connectivity index (χ4n) is 2.15. The molecule has 2 heteroatoms. The van der Waals surface area contributed by atoms with Gasteiger partial charge in [0.05, 0.1) is 12.2 Å². The third kappa shape index (κ3) is 2.63. The Kier molecular flexibility index (Phi) is 3.62. The second-order valence-electron chi connectivity index (χ2n) is 4.81. The number of benzene rings is 1. The van der Waals surface area contributed by atoms with Crippen LogP contribution < -0.4 is 5.73 Å². The highest BCUT2D eigenvalue weighted by Gasteiger charge is 2.28. The van der Waals surface area contributed by atoms with Crippen molar-refractivity contribution in [2.75, 3.05) is 6.54 Å². The van der Waals surface area contributed by atoms with Crippen molar-refractivity contribution in [1.29, 1.82) is 0 Å². The Hall–Kier alpha value is -0.860. The number of nitrogens with two attached hydrogens (primary N) is 1. The monoisotopic (exact) mass is 219 g/mol. The number of rotatable bonds is 5. The molecular weight excluding hydrogens is 198 g/mol. The van der Waals surface area contributed by atoms with Crippen molar-refractivity contribution in [2.45, 2.75) is 44.8 Å². The average Bonchev–Trinajstić information content (AvgIpc) is 3.09. The van der Waals surface area contributed by atoms with Gasteiger partial charge in [-0.3, -0.25) is 0 Å². The smallest absolute Gasteiger partial charge is 0.0953 e. The van der Waals surface area contributed by atoms with Gasteiger partial charge in [-0.2, -0.15) is 0 Å². The summed E-state index contributed by atoms with van der Waals surface area (Å²) < 4.78 is 5.88. The maximum atomic E-state index is 5.88. The third-order valence-corrected chi connectivity index (χ3v) is 3.01. The fraction of sp³-hybridized carbons (Fsp3) is 0.571. The summed E-state index contributed by atoms with van der Waals surface area (Å²) in [7, 11) is 0. The van der Waals surface area contributed by atoms with E-state index in [4.69, 9.17) is 10.5 Å². The Morgan fingerprint density at radius 2 is 2.00 bits per heavy atom. The summed E-state index contributed by atoms with van der Waals surface area (Å²) >= 11 is 0. The minimum atomic E-state index is 0.0526. The summed E-state index contributed by atoms with van der Waals surface area (Å²) in [5, 5.41) is 0. The van der Waals surface area contributed by atoms with Crippen molar-refractivity contribution in [3.63, 3.8) is 0 Å². The normalized spacial score (nSPS) is 17.8. The standard InChI is InChI=1S/C14H21NO/c1-10(2)16-14(9-15)13-6-4-3-5-12(13)11-7-8-11/h3-6,10-11,14H,7-9,15H2,1-2H3. The van der Waals surface area contributed by atoms with Crippen molar-refractivity contribution < 1.29 is 4.74 Å². The molecule has 0 spiro atoms. The van der Waals surface area contributed by atoms with Crippen molar-refractivity contribution in [1.82, 2.24) is 0 Å². The molecule has 0 radical (unpaired) electrons. The van der Waals surface area contributed by atoms with Crippen LogP contribution in [0.2, 0.25) is 0 Å². The number of hydrogen-bond donors (Lipinski definition) is 1. The molecule has 88 valence electrons. The molecule has 1 saturated carbocycles. The van der Waals surface area contributed by atoms with E-state index in [2.05, 4.69) is 38.1 Å². The van der Waals surface area contributed by atoms with Crippen LogP contribution in [-0.2, 0) is 4.74 Å². The van der Waals surface area contributed by atoms with E-state index in [1.807, 2.05) is 0 Å². The fourth-order valence-corrected chi connectivity index (χ4v) is 2.15. The van der Waals surface area contributed by atoms with E-state index in [-0.39, 0.29) is 12.2 Å². The van der Waals surface area contributed by atoms with Gasteiger partial charge in [-0.15, -0.1) is 0 Å². The van der Waals surface area contributed by atoms with Gasteiger partial charge in [-0.05, 0) is 43.7 Å². The van der Waals surface area contributed by atoms with Gasteiger partial charge in [0.1, 0.15) is 0 Å². The second kappa shape index (κ2) is 4.98. The Balaban J connectivity index is 2.22. The highest BCUT2D eigenvalue weighted by atomic mass is 16.5. The summed E-state index contributed by atoms with van der Waals surface area (Å²) in [5.74, 6) is 0.751. The van der Waals surface area contributed by atoms with Crippen LogP contribution in [0.3, 0.4) is 0 Å². The lowest BCUT2D eigenvalue weighted by Gasteiger charge is -2.21. The summed E-state index contributed by atoms with van der Waals surface area (Å²) in [6, 6.07) is 8.57. The third-order valence-electron chi connectivity index (χ3n) is 3.01. The van der Waals surface area contributed by atoms with Crippen LogP contribution in [0.5, 0.6) is 0 Å². The maximum absolute atomic E-state index is 5.88. The lowest BCUT2D eigenvalue weighted by molar-refractivity contribution is 0.0115. The van der Waals surface area contributed by atoms with E-state index >= 15 is 0 Å². The lowest BCUT2D eigenvalue weighted by atomic mass is 9.98. The zero-order valence-corrected chi connectivity index (χ0v) is 10.1. The van der Waals surface area contributed by atoms with E-state index in [0.29, 0.717) is 6.54 Å². The van der Waals surface area contributed by atoms with Crippen LogP contribution in [-0.4, -0.2) is 12.6 Å². The summed E-state index contributed by atoms with van der Waals surface area (Å²) in [4.78, 5) is 0. The Morgan fingerprint density at radius 1 is 1.31 bits per heavy atom. The molecule has 0 saturated heterocycles. The predicted octanol–water partition coefficient (Wildman–Crippen LogP) is 2.99. The van der Waals surface area contributed by atoms with E-state index in [9.17, 15) is 0 Å². The summed E-state index contributed by atoms with van der Waals surface area (Å²) in [6.45, 7) is 4.67. The number of ether oxygens (including phenoxy) is 1. The maximum Gasteiger partial charge on any atom is 0.0953 e. The molecule has 2 N–H and O–H groups in total. The average molecular weight is 219 g/mol. The van der Waals surface area contributed by atoms with Gasteiger partial charge in [-0.25, -0.2) is 0 Å². The van der Waals surface area contributed by atoms with Crippen molar-refractivity contribution in [3.8, 4) is 0 Å². The van der Waals surface area contributed by atoms with Crippen molar-refractivity contribution in [2.24, 2.45) is 5.73 Å². The molecule has 0 heterocycles. The van der Waals surface area contributed by atoms with Crippen LogP contribution in [0.25, 0.3) is 0 Å². The molecule has 0 aliphatic heterocycles. The van der Waals surface area contributed by atoms with Crippen LogP contribution >= 0.6 is 0 Å². The molecule has 1 unspecified atom stereocenters. The molecule has 1 aromatic rings. The number of hydrogen-bond acceptors (Lipinski definition) is 2. The van der Waals surface area contributed by atoms with Crippen LogP contribution in [0.4, 0.5) is 0 Å².